The van der Waals surface area contributed by atoms with Gasteiger partial charge in [0, 0.05) is 48.3 Å². The van der Waals surface area contributed by atoms with E-state index in [4.69, 9.17) is 4.98 Å². The fourth-order valence-electron chi connectivity index (χ4n) is 9.04. The molecule has 3 aromatic carbocycles. The van der Waals surface area contributed by atoms with Gasteiger partial charge in [-0.05, 0) is 105 Å². The summed E-state index contributed by atoms with van der Waals surface area (Å²) < 4.78 is 2.52. The van der Waals surface area contributed by atoms with Gasteiger partial charge < -0.3 is 19.6 Å². The standard InChI is InChI=1S/C38H43N5O2/c1-26-40-35-9-5-6-10-36(35)43(26)31-22-29-11-12-30(23-31)42(29)20-17-38(28-7-3-2-4-8-28)15-18-41(19-16-38)37(45)21-27-25-39-34-14-13-32(44)24-33(27)34/h2-10,13-14,24-25,29-31,39,44H,11-12,15-23H2,1H3/t29-,30+,31+. The number of fused-ring (bicyclic) bond motifs is 4. The number of aromatic nitrogens is 3. The SMILES string of the molecule is Cc1nc2ccccc2n1[C@H]1C[C@H]2CC[C@@H](C1)N2CCC1(c2ccccc2)CCN(C(=O)Cc2c[nH]c3ccc(O)cc23)CC1. The van der Waals surface area contributed by atoms with Crippen LogP contribution in [0.2, 0.25) is 0 Å². The largest absolute Gasteiger partial charge is 0.508 e. The smallest absolute Gasteiger partial charge is 0.227 e. The van der Waals surface area contributed by atoms with Gasteiger partial charge in [-0.3, -0.25) is 9.69 Å². The normalized spacial score (nSPS) is 23.2. The summed E-state index contributed by atoms with van der Waals surface area (Å²) in [7, 11) is 0. The molecule has 2 aromatic heterocycles. The number of hydrogen-bond acceptors (Lipinski definition) is 4. The van der Waals surface area contributed by atoms with Crippen LogP contribution >= 0.6 is 0 Å². The number of likely N-dealkylation sites (tertiary alicyclic amines) is 1. The zero-order valence-corrected chi connectivity index (χ0v) is 26.2. The summed E-state index contributed by atoms with van der Waals surface area (Å²) in [4.78, 5) is 26.6. The molecule has 0 aliphatic carbocycles. The number of aromatic hydroxyl groups is 1. The summed E-state index contributed by atoms with van der Waals surface area (Å²) >= 11 is 0. The highest BCUT2D eigenvalue weighted by molar-refractivity contribution is 5.89. The van der Waals surface area contributed by atoms with Gasteiger partial charge in [-0.25, -0.2) is 4.98 Å². The first-order valence-electron chi connectivity index (χ1n) is 16.8. The Morgan fingerprint density at radius 2 is 1.69 bits per heavy atom. The molecule has 3 atom stereocenters. The number of carbonyl (C=O) groups excluding carboxylic acids is 1. The fraction of sp³-hybridized carbons (Fsp3) is 0.421. The lowest BCUT2D eigenvalue weighted by molar-refractivity contribution is -0.132. The third-order valence-electron chi connectivity index (χ3n) is 11.4. The lowest BCUT2D eigenvalue weighted by Gasteiger charge is -2.45. The fourth-order valence-corrected chi connectivity index (χ4v) is 9.04. The summed E-state index contributed by atoms with van der Waals surface area (Å²) in [5.74, 6) is 1.54. The molecule has 7 heteroatoms. The van der Waals surface area contributed by atoms with Gasteiger partial charge in [-0.1, -0.05) is 42.5 Å². The van der Waals surface area contributed by atoms with Crippen LogP contribution in [0.15, 0.2) is 79.0 Å². The van der Waals surface area contributed by atoms with Crippen LogP contribution in [0.1, 0.15) is 67.9 Å². The maximum Gasteiger partial charge on any atom is 0.227 e. The molecule has 8 rings (SSSR count). The predicted octanol–water partition coefficient (Wildman–Crippen LogP) is 6.89. The van der Waals surface area contributed by atoms with Crippen LogP contribution < -0.4 is 0 Å². The van der Waals surface area contributed by atoms with Crippen molar-refractivity contribution >= 4 is 27.8 Å². The molecule has 0 spiro atoms. The molecular weight excluding hydrogens is 558 g/mol. The molecule has 3 saturated heterocycles. The van der Waals surface area contributed by atoms with Gasteiger partial charge in [0.15, 0.2) is 0 Å². The van der Waals surface area contributed by atoms with E-state index in [0.717, 1.165) is 66.7 Å². The third-order valence-corrected chi connectivity index (χ3v) is 11.4. The molecular formula is C38H43N5O2. The lowest BCUT2D eigenvalue weighted by Crippen LogP contribution is -2.49. The molecule has 1 amide bonds. The van der Waals surface area contributed by atoms with E-state index < -0.39 is 0 Å². The molecule has 0 radical (unpaired) electrons. The Morgan fingerprint density at radius 3 is 2.47 bits per heavy atom. The number of nitrogens with zero attached hydrogens (tertiary/aromatic N) is 4. The number of aromatic amines is 1. The van der Waals surface area contributed by atoms with E-state index >= 15 is 0 Å². The van der Waals surface area contributed by atoms with E-state index in [-0.39, 0.29) is 17.1 Å². The molecule has 5 aromatic rings. The van der Waals surface area contributed by atoms with Gasteiger partial charge in [-0.15, -0.1) is 0 Å². The Kier molecular flexibility index (Phi) is 7.16. The van der Waals surface area contributed by atoms with Gasteiger partial charge in [0.05, 0.1) is 17.5 Å². The van der Waals surface area contributed by atoms with Crippen LogP contribution in [0, 0.1) is 6.92 Å². The van der Waals surface area contributed by atoms with Crippen molar-refractivity contribution in [3.63, 3.8) is 0 Å². The summed E-state index contributed by atoms with van der Waals surface area (Å²) in [6.07, 6.45) is 10.4. The van der Waals surface area contributed by atoms with E-state index in [2.05, 4.69) is 80.9 Å². The predicted molar refractivity (Wildman–Crippen MR) is 178 cm³/mol. The number of aryl methyl sites for hydroxylation is 1. The van der Waals surface area contributed by atoms with Crippen LogP contribution in [0.25, 0.3) is 21.9 Å². The number of amides is 1. The summed E-state index contributed by atoms with van der Waals surface area (Å²) in [5, 5.41) is 10.9. The van der Waals surface area contributed by atoms with Gasteiger partial charge in [-0.2, -0.15) is 0 Å². The summed E-state index contributed by atoms with van der Waals surface area (Å²) in [6.45, 7) is 4.85. The summed E-state index contributed by atoms with van der Waals surface area (Å²) in [6, 6.07) is 26.7. The van der Waals surface area contributed by atoms with E-state index in [0.29, 0.717) is 24.5 Å². The number of benzene rings is 3. The minimum Gasteiger partial charge on any atom is -0.508 e. The zero-order chi connectivity index (χ0) is 30.5. The van der Waals surface area contributed by atoms with Crippen molar-refractivity contribution < 1.29 is 9.90 Å². The van der Waals surface area contributed by atoms with Crippen molar-refractivity contribution in [2.75, 3.05) is 19.6 Å². The summed E-state index contributed by atoms with van der Waals surface area (Å²) in [5.41, 5.74) is 5.79. The number of phenolic OH excluding ortho intramolecular Hbond substituents is 1. The molecule has 2 bridgehead atoms. The molecule has 7 nitrogen and oxygen atoms in total. The highest BCUT2D eigenvalue weighted by atomic mass is 16.3. The van der Waals surface area contributed by atoms with Crippen molar-refractivity contribution in [2.45, 2.75) is 81.8 Å². The Morgan fingerprint density at radius 1 is 0.956 bits per heavy atom. The number of nitrogens with one attached hydrogen (secondary N) is 1. The number of hydrogen-bond donors (Lipinski definition) is 2. The monoisotopic (exact) mass is 601 g/mol. The number of imidazole rings is 1. The first-order valence-corrected chi connectivity index (χ1v) is 16.8. The highest BCUT2D eigenvalue weighted by Gasteiger charge is 2.44. The van der Waals surface area contributed by atoms with E-state index in [1.807, 2.05) is 12.3 Å². The van der Waals surface area contributed by atoms with E-state index in [1.165, 1.54) is 36.8 Å². The van der Waals surface area contributed by atoms with E-state index in [9.17, 15) is 9.90 Å². The Hall–Kier alpha value is -4.10. The molecule has 0 saturated carbocycles. The van der Waals surface area contributed by atoms with Crippen molar-refractivity contribution in [1.82, 2.24) is 24.3 Å². The number of rotatable bonds is 7. The van der Waals surface area contributed by atoms with Crippen molar-refractivity contribution in [1.29, 1.82) is 0 Å². The van der Waals surface area contributed by atoms with Gasteiger partial charge >= 0.3 is 0 Å². The van der Waals surface area contributed by atoms with Crippen molar-refractivity contribution in [3.8, 4) is 5.75 Å². The molecule has 0 unspecified atom stereocenters. The minimum atomic E-state index is 0.0814. The highest BCUT2D eigenvalue weighted by Crippen LogP contribution is 2.45. The number of phenols is 1. The number of para-hydroxylation sites is 2. The minimum absolute atomic E-state index is 0.0814. The van der Waals surface area contributed by atoms with Crippen molar-refractivity contribution in [3.05, 3.63) is 95.9 Å². The second-order valence-electron chi connectivity index (χ2n) is 13.8. The van der Waals surface area contributed by atoms with Crippen molar-refractivity contribution in [2.24, 2.45) is 0 Å². The second-order valence-corrected chi connectivity index (χ2v) is 13.8. The number of carbonyl (C=O) groups is 1. The average molecular weight is 602 g/mol. The quantitative estimate of drug-likeness (QED) is 0.213. The molecule has 2 N–H and O–H groups in total. The Labute approximate surface area is 264 Å². The molecule has 3 fully saturated rings. The van der Waals surface area contributed by atoms with Crippen LogP contribution in [-0.2, 0) is 16.6 Å². The van der Waals surface area contributed by atoms with E-state index in [1.54, 1.807) is 12.1 Å². The lowest BCUT2D eigenvalue weighted by atomic mass is 9.70. The third kappa shape index (κ3) is 5.11. The molecule has 3 aliphatic rings. The number of H-pyrrole nitrogens is 1. The maximum absolute atomic E-state index is 13.5. The Bertz CT molecular complexity index is 1820. The molecule has 232 valence electrons. The molecule has 3 aliphatic heterocycles. The topological polar surface area (TPSA) is 77.4 Å². The average Bonchev–Trinajstić information content (AvgIpc) is 3.69. The van der Waals surface area contributed by atoms with Crippen LogP contribution in [-0.4, -0.2) is 67.1 Å². The van der Waals surface area contributed by atoms with Crippen LogP contribution in [0.3, 0.4) is 0 Å². The first kappa shape index (κ1) is 28.4. The van der Waals surface area contributed by atoms with Gasteiger partial charge in [0.2, 0.25) is 5.91 Å². The maximum atomic E-state index is 13.5. The number of piperidine rings is 2. The second kappa shape index (κ2) is 11.4. The Balaban J connectivity index is 0.958. The van der Waals surface area contributed by atoms with Crippen LogP contribution in [0.4, 0.5) is 0 Å². The first-order chi connectivity index (χ1) is 22.0. The molecule has 45 heavy (non-hydrogen) atoms. The zero-order valence-electron chi connectivity index (χ0n) is 26.2. The molecule has 5 heterocycles. The van der Waals surface area contributed by atoms with Gasteiger partial charge in [0.25, 0.3) is 0 Å². The van der Waals surface area contributed by atoms with Gasteiger partial charge in [0.1, 0.15) is 11.6 Å². The van der Waals surface area contributed by atoms with Crippen LogP contribution in [0.5, 0.6) is 5.75 Å².